The zero-order chi connectivity index (χ0) is 19.8. The summed E-state index contributed by atoms with van der Waals surface area (Å²) >= 11 is 0. The minimum atomic E-state index is -0.259. The van der Waals surface area contributed by atoms with Crippen LogP contribution in [-0.2, 0) is 11.2 Å². The number of hydrogen-bond acceptors (Lipinski definition) is 3. The lowest BCUT2D eigenvalue weighted by Gasteiger charge is -2.11. The number of H-pyrrole nitrogens is 1. The Balaban J connectivity index is 1.53. The molecule has 0 saturated carbocycles. The number of hydrogen-bond donors (Lipinski definition) is 4. The lowest BCUT2D eigenvalue weighted by molar-refractivity contribution is -0.114. The van der Waals surface area contributed by atoms with Crippen molar-refractivity contribution in [3.8, 4) is 0 Å². The molecule has 2 aromatic heterocycles. The molecule has 28 heavy (non-hydrogen) atoms. The van der Waals surface area contributed by atoms with Crippen LogP contribution in [0.1, 0.15) is 12.5 Å². The van der Waals surface area contributed by atoms with Gasteiger partial charge in [-0.05, 0) is 49.2 Å². The second-order valence-corrected chi connectivity index (χ2v) is 6.17. The summed E-state index contributed by atoms with van der Waals surface area (Å²) in [6.07, 6.45) is 5.85. The Hall–Kier alpha value is -3.42. The number of benzene rings is 1. The van der Waals surface area contributed by atoms with Crippen LogP contribution in [0.15, 0.2) is 53.9 Å². The fraction of sp³-hybridized carbons (Fsp3) is 0.250. The summed E-state index contributed by atoms with van der Waals surface area (Å²) in [6, 6.07) is 8.24. The van der Waals surface area contributed by atoms with E-state index in [-0.39, 0.29) is 18.3 Å². The van der Waals surface area contributed by atoms with Gasteiger partial charge in [0.1, 0.15) is 12.4 Å². The number of anilines is 1. The van der Waals surface area contributed by atoms with Crippen molar-refractivity contribution in [2.45, 2.75) is 13.3 Å². The van der Waals surface area contributed by atoms with E-state index < -0.39 is 0 Å². The van der Waals surface area contributed by atoms with Gasteiger partial charge in [-0.25, -0.2) is 9.38 Å². The Labute approximate surface area is 162 Å². The van der Waals surface area contributed by atoms with Crippen LogP contribution in [0.5, 0.6) is 0 Å². The molecule has 0 unspecified atom stereocenters. The lowest BCUT2D eigenvalue weighted by Crippen LogP contribution is -2.39. The maximum absolute atomic E-state index is 13.3. The smallest absolute Gasteiger partial charge is 0.246 e. The predicted molar refractivity (Wildman–Crippen MR) is 109 cm³/mol. The van der Waals surface area contributed by atoms with E-state index in [2.05, 4.69) is 30.9 Å². The van der Waals surface area contributed by atoms with Gasteiger partial charge in [-0.3, -0.25) is 9.78 Å². The number of amides is 1. The van der Waals surface area contributed by atoms with Crippen molar-refractivity contribution in [2.24, 2.45) is 4.99 Å². The molecular weight excluding hydrogens is 359 g/mol. The molecule has 0 radical (unpaired) electrons. The fourth-order valence-corrected chi connectivity index (χ4v) is 2.81. The molecule has 2 heterocycles. The third-order valence-electron chi connectivity index (χ3n) is 4.09. The summed E-state index contributed by atoms with van der Waals surface area (Å²) in [6.45, 7) is 3.26. The maximum Gasteiger partial charge on any atom is 0.246 e. The van der Waals surface area contributed by atoms with Crippen molar-refractivity contribution >= 4 is 28.5 Å². The topological polar surface area (TPSA) is 94.2 Å². The quantitative estimate of drug-likeness (QED) is 0.373. The van der Waals surface area contributed by atoms with Crippen molar-refractivity contribution in [3.05, 3.63) is 60.3 Å². The number of nitrogens with one attached hydrogen (secondary N) is 4. The number of aromatic nitrogens is 2. The summed E-state index contributed by atoms with van der Waals surface area (Å²) in [5.74, 6) is 0.0868. The molecule has 146 valence electrons. The first-order valence-electron chi connectivity index (χ1n) is 9.13. The minimum Gasteiger partial charge on any atom is -0.361 e. The molecule has 0 aliphatic carbocycles. The molecule has 3 aromatic rings. The van der Waals surface area contributed by atoms with Crippen LogP contribution in [-0.4, -0.2) is 41.5 Å². The van der Waals surface area contributed by atoms with Crippen LogP contribution in [0.4, 0.5) is 10.1 Å². The molecule has 1 amide bonds. The SMILES string of the molecule is CCNC(=NCC(=O)Nc1cccnc1)NCCc1c[nH]c2cc(F)ccc12. The normalized spacial score (nSPS) is 11.4. The highest BCUT2D eigenvalue weighted by molar-refractivity contribution is 5.94. The number of carbonyl (C=O) groups is 1. The molecule has 1 aromatic carbocycles. The van der Waals surface area contributed by atoms with Crippen molar-refractivity contribution in [1.29, 1.82) is 0 Å². The van der Waals surface area contributed by atoms with E-state index >= 15 is 0 Å². The van der Waals surface area contributed by atoms with Crippen molar-refractivity contribution < 1.29 is 9.18 Å². The molecule has 3 rings (SSSR count). The number of pyridine rings is 1. The van der Waals surface area contributed by atoms with E-state index in [1.165, 1.54) is 12.1 Å². The van der Waals surface area contributed by atoms with Gasteiger partial charge in [0.05, 0.1) is 11.9 Å². The van der Waals surface area contributed by atoms with E-state index in [0.717, 1.165) is 22.9 Å². The van der Waals surface area contributed by atoms with Crippen LogP contribution in [0.2, 0.25) is 0 Å². The second kappa shape index (κ2) is 9.50. The molecule has 0 bridgehead atoms. The first kappa shape index (κ1) is 19.3. The average molecular weight is 382 g/mol. The van der Waals surface area contributed by atoms with E-state index in [9.17, 15) is 9.18 Å². The zero-order valence-electron chi connectivity index (χ0n) is 15.6. The molecule has 7 nitrogen and oxygen atoms in total. The molecule has 0 spiro atoms. The molecule has 0 aliphatic heterocycles. The van der Waals surface area contributed by atoms with Crippen LogP contribution < -0.4 is 16.0 Å². The number of fused-ring (bicyclic) bond motifs is 1. The third kappa shape index (κ3) is 5.29. The zero-order valence-corrected chi connectivity index (χ0v) is 15.6. The Morgan fingerprint density at radius 3 is 2.96 bits per heavy atom. The molecule has 8 heteroatoms. The van der Waals surface area contributed by atoms with Gasteiger partial charge >= 0.3 is 0 Å². The summed E-state index contributed by atoms with van der Waals surface area (Å²) in [5.41, 5.74) is 2.51. The van der Waals surface area contributed by atoms with Gasteiger partial charge in [0, 0.05) is 36.4 Å². The summed E-state index contributed by atoms with van der Waals surface area (Å²) in [7, 11) is 0. The predicted octanol–water partition coefficient (Wildman–Crippen LogP) is 2.44. The minimum absolute atomic E-state index is 0.00338. The molecule has 0 saturated heterocycles. The average Bonchev–Trinajstić information content (AvgIpc) is 3.09. The molecule has 0 fully saturated rings. The number of nitrogens with zero attached hydrogens (tertiary/aromatic N) is 2. The molecule has 0 atom stereocenters. The third-order valence-corrected chi connectivity index (χ3v) is 4.09. The van der Waals surface area contributed by atoms with Gasteiger partial charge in [-0.1, -0.05) is 0 Å². The first-order chi connectivity index (χ1) is 13.7. The summed E-state index contributed by atoms with van der Waals surface area (Å²) in [5, 5.41) is 10.1. The number of aromatic amines is 1. The van der Waals surface area contributed by atoms with Crippen LogP contribution in [0.3, 0.4) is 0 Å². The van der Waals surface area contributed by atoms with E-state index in [1.54, 1.807) is 30.6 Å². The van der Waals surface area contributed by atoms with Gasteiger partial charge in [0.2, 0.25) is 5.91 Å². The number of rotatable bonds is 7. The highest BCUT2D eigenvalue weighted by atomic mass is 19.1. The Kier molecular flexibility index (Phi) is 6.56. The Morgan fingerprint density at radius 2 is 2.18 bits per heavy atom. The Morgan fingerprint density at radius 1 is 1.29 bits per heavy atom. The number of carbonyl (C=O) groups excluding carboxylic acids is 1. The largest absolute Gasteiger partial charge is 0.361 e. The van der Waals surface area contributed by atoms with Gasteiger partial charge in [0.25, 0.3) is 0 Å². The summed E-state index contributed by atoms with van der Waals surface area (Å²) < 4.78 is 13.3. The monoisotopic (exact) mass is 382 g/mol. The first-order valence-corrected chi connectivity index (χ1v) is 9.13. The lowest BCUT2D eigenvalue weighted by atomic mass is 10.1. The number of halogens is 1. The highest BCUT2D eigenvalue weighted by Crippen LogP contribution is 2.19. The number of aliphatic imine (C=N–C) groups is 1. The van der Waals surface area contributed by atoms with Crippen LogP contribution in [0, 0.1) is 5.82 Å². The van der Waals surface area contributed by atoms with Crippen LogP contribution in [0.25, 0.3) is 10.9 Å². The molecule has 0 aliphatic rings. The molecular formula is C20H23FN6O. The van der Waals surface area contributed by atoms with E-state index in [4.69, 9.17) is 0 Å². The van der Waals surface area contributed by atoms with Crippen LogP contribution >= 0.6 is 0 Å². The van der Waals surface area contributed by atoms with Gasteiger partial charge in [0.15, 0.2) is 5.96 Å². The van der Waals surface area contributed by atoms with Crippen molar-refractivity contribution in [2.75, 3.05) is 25.0 Å². The van der Waals surface area contributed by atoms with Crippen molar-refractivity contribution in [1.82, 2.24) is 20.6 Å². The number of guanidine groups is 1. The molecule has 4 N–H and O–H groups in total. The van der Waals surface area contributed by atoms with Gasteiger partial charge in [-0.15, -0.1) is 0 Å². The highest BCUT2D eigenvalue weighted by Gasteiger charge is 2.06. The van der Waals surface area contributed by atoms with E-state index in [0.29, 0.717) is 24.7 Å². The van der Waals surface area contributed by atoms with Crippen molar-refractivity contribution in [3.63, 3.8) is 0 Å². The maximum atomic E-state index is 13.3. The van der Waals surface area contributed by atoms with E-state index in [1.807, 2.05) is 13.1 Å². The summed E-state index contributed by atoms with van der Waals surface area (Å²) in [4.78, 5) is 23.4. The van der Waals surface area contributed by atoms with Gasteiger partial charge in [-0.2, -0.15) is 0 Å². The fourth-order valence-electron chi connectivity index (χ4n) is 2.81. The second-order valence-electron chi connectivity index (χ2n) is 6.17. The standard InChI is InChI=1S/C20H23FN6O/c1-2-23-20(26-13-19(28)27-16-4-3-8-22-12-16)24-9-7-14-11-25-18-10-15(21)5-6-17(14)18/h3-6,8,10-12,25H,2,7,9,13H2,1H3,(H,27,28)(H2,23,24,26). The Bertz CT molecular complexity index is 954. The van der Waals surface area contributed by atoms with Gasteiger partial charge < -0.3 is 20.9 Å².